The van der Waals surface area contributed by atoms with Gasteiger partial charge in [0.2, 0.25) is 0 Å². The molecular weight excluding hydrogens is 868 g/mol. The Kier molecular flexibility index (Phi) is 12.1. The third-order valence-corrected chi connectivity index (χ3v) is 13.3. The number of nitrogens with zero attached hydrogens (tertiary/aromatic N) is 6. The molecule has 2 aliphatic rings. The third kappa shape index (κ3) is 9.66. The topological polar surface area (TPSA) is 163 Å². The normalized spacial score (nSPS) is 18.3. The zero-order chi connectivity index (χ0) is 45.1. The van der Waals surface area contributed by atoms with Crippen molar-refractivity contribution in [1.29, 1.82) is 0 Å². The quantitative estimate of drug-likeness (QED) is 0.0939. The van der Waals surface area contributed by atoms with E-state index in [9.17, 15) is 20.4 Å². The van der Waals surface area contributed by atoms with E-state index in [2.05, 4.69) is 126 Å². The Hall–Kier alpha value is -4.95. The number of halogens is 2. The number of fused-ring (bicyclic) bond motifs is 2. The fourth-order valence-corrected chi connectivity index (χ4v) is 10.5. The molecule has 0 saturated carbocycles. The highest BCUT2D eigenvalue weighted by Crippen LogP contribution is 2.41. The van der Waals surface area contributed by atoms with Gasteiger partial charge in [0.15, 0.2) is 11.6 Å². The molecule has 2 aliphatic heterocycles. The van der Waals surface area contributed by atoms with Gasteiger partial charge in [-0.3, -0.25) is 0 Å². The molecule has 2 fully saturated rings. The maximum Gasteiger partial charge on any atom is 0.151 e. The van der Waals surface area contributed by atoms with Gasteiger partial charge in [-0.15, -0.1) is 20.4 Å². The summed E-state index contributed by atoms with van der Waals surface area (Å²) in [6.45, 7) is 17.9. The van der Waals surface area contributed by atoms with Crippen molar-refractivity contribution in [2.45, 2.75) is 115 Å². The lowest BCUT2D eigenvalue weighted by Gasteiger charge is -2.49. The Morgan fingerprint density at radius 2 is 0.919 bits per heavy atom. The average molecular weight is 926 g/mol. The molecule has 6 aromatic rings. The van der Waals surface area contributed by atoms with Crippen LogP contribution in [0.1, 0.15) is 81.1 Å². The molecule has 0 radical (unpaired) electrons. The lowest BCUT2D eigenvalue weighted by molar-refractivity contribution is 0.160. The minimum absolute atomic E-state index is 0.0160. The van der Waals surface area contributed by atoms with Crippen molar-refractivity contribution in [2.24, 2.45) is 0 Å². The highest BCUT2D eigenvalue weighted by molar-refractivity contribution is 9.10. The second-order valence-corrected chi connectivity index (χ2v) is 20.8. The molecule has 6 N–H and O–H groups in total. The van der Waals surface area contributed by atoms with Crippen LogP contribution in [-0.2, 0) is 0 Å². The molecule has 4 aromatic carbocycles. The first-order valence-corrected chi connectivity index (χ1v) is 22.1. The van der Waals surface area contributed by atoms with Crippen LogP contribution in [0.15, 0.2) is 77.3 Å². The first kappa shape index (κ1) is 45.1. The third-order valence-electron chi connectivity index (χ3n) is 12.1. The summed E-state index contributed by atoms with van der Waals surface area (Å²) in [5.41, 5.74) is 2.54. The number of piperidine rings is 2. The first-order chi connectivity index (χ1) is 28.9. The number of phenols is 4. The molecule has 2 aromatic heterocycles. The fourth-order valence-electron chi connectivity index (χ4n) is 9.81. The van der Waals surface area contributed by atoms with Gasteiger partial charge in [-0.25, -0.2) is 0 Å². The van der Waals surface area contributed by atoms with Gasteiger partial charge in [0, 0.05) is 70.2 Å². The average Bonchev–Trinajstić information content (AvgIpc) is 3.18. The van der Waals surface area contributed by atoms with Crippen molar-refractivity contribution in [1.82, 2.24) is 31.0 Å². The second-order valence-electron chi connectivity index (χ2n) is 19.7. The van der Waals surface area contributed by atoms with E-state index in [-0.39, 0.29) is 50.2 Å². The summed E-state index contributed by atoms with van der Waals surface area (Å²) in [7, 11) is 4.14. The Balaban J connectivity index is 0.000000186. The summed E-state index contributed by atoms with van der Waals surface area (Å²) in [6, 6.07) is 22.0. The van der Waals surface area contributed by atoms with Gasteiger partial charge in [-0.05, 0) is 168 Å². The van der Waals surface area contributed by atoms with Crippen molar-refractivity contribution in [3.63, 3.8) is 0 Å². The molecule has 4 heterocycles. The SMILES string of the molecule is CN(c1ccc(-c2cc3ccc(O)c(Br)c3cc2O)nn1)C1CC(C)(C)NC(C)(C)C1.CN(c1ccc(-c2cc3ccc(O)c(Cl)c3cc2O)nn1)C1CC(C)(C)NC(C)(C)C1. The van der Waals surface area contributed by atoms with Gasteiger partial charge in [0.25, 0.3) is 0 Å². The van der Waals surface area contributed by atoms with E-state index < -0.39 is 0 Å². The molecule has 328 valence electrons. The number of aromatic nitrogens is 4. The van der Waals surface area contributed by atoms with Crippen LogP contribution in [0.3, 0.4) is 0 Å². The molecule has 0 spiro atoms. The number of rotatable bonds is 6. The standard InChI is InChI=1S/C24H29BrN4O2.C24H29ClN4O2/c2*1-23(2)12-15(13-24(3,4)28-23)29(5)21-9-7-18(26-27-21)17-10-14-6-8-19(30)22(25)16(14)11-20(17)31/h2*6-11,15,28,30-31H,12-13H2,1-5H3. The molecule has 0 bridgehead atoms. The van der Waals surface area contributed by atoms with E-state index in [1.54, 1.807) is 30.3 Å². The first-order valence-electron chi connectivity index (χ1n) is 20.9. The van der Waals surface area contributed by atoms with Crippen molar-refractivity contribution in [3.8, 4) is 45.5 Å². The van der Waals surface area contributed by atoms with Crippen LogP contribution < -0.4 is 20.4 Å². The summed E-state index contributed by atoms with van der Waals surface area (Å²) in [6.07, 6.45) is 4.05. The van der Waals surface area contributed by atoms with Crippen LogP contribution in [-0.4, -0.2) is 89.2 Å². The number of hydrogen-bond acceptors (Lipinski definition) is 12. The predicted molar refractivity (Wildman–Crippen MR) is 255 cm³/mol. The predicted octanol–water partition coefficient (Wildman–Crippen LogP) is 10.3. The summed E-state index contributed by atoms with van der Waals surface area (Å²) in [5, 5.41) is 69.2. The van der Waals surface area contributed by atoms with Crippen LogP contribution in [0.25, 0.3) is 44.1 Å². The van der Waals surface area contributed by atoms with Gasteiger partial charge in [0.05, 0.1) is 20.9 Å². The largest absolute Gasteiger partial charge is 0.507 e. The number of aromatic hydroxyl groups is 4. The van der Waals surface area contributed by atoms with Gasteiger partial charge in [-0.1, -0.05) is 23.7 Å². The molecule has 8 rings (SSSR count). The van der Waals surface area contributed by atoms with Crippen molar-refractivity contribution >= 4 is 60.7 Å². The summed E-state index contributed by atoms with van der Waals surface area (Å²) >= 11 is 9.54. The minimum Gasteiger partial charge on any atom is -0.507 e. The molecule has 0 aliphatic carbocycles. The maximum absolute atomic E-state index is 10.6. The van der Waals surface area contributed by atoms with E-state index in [1.807, 2.05) is 36.4 Å². The molecule has 2 saturated heterocycles. The molecule has 12 nitrogen and oxygen atoms in total. The van der Waals surface area contributed by atoms with E-state index >= 15 is 0 Å². The van der Waals surface area contributed by atoms with Crippen molar-refractivity contribution in [3.05, 3.63) is 82.3 Å². The van der Waals surface area contributed by atoms with Crippen LogP contribution in [0, 0.1) is 0 Å². The van der Waals surface area contributed by atoms with Gasteiger partial charge < -0.3 is 40.9 Å². The summed E-state index contributed by atoms with van der Waals surface area (Å²) in [5.74, 6) is 1.87. The number of hydrogen-bond donors (Lipinski definition) is 6. The molecular formula is C48H58BrClN8O4. The van der Waals surface area contributed by atoms with E-state index in [0.717, 1.165) is 53.5 Å². The molecule has 62 heavy (non-hydrogen) atoms. The highest BCUT2D eigenvalue weighted by atomic mass is 79.9. The van der Waals surface area contributed by atoms with Gasteiger partial charge in [-0.2, -0.15) is 0 Å². The Morgan fingerprint density at radius 1 is 0.532 bits per heavy atom. The van der Waals surface area contributed by atoms with Crippen molar-refractivity contribution in [2.75, 3.05) is 23.9 Å². The zero-order valence-corrected chi connectivity index (χ0v) is 39.5. The second kappa shape index (κ2) is 16.6. The van der Waals surface area contributed by atoms with Crippen LogP contribution in [0.2, 0.25) is 5.02 Å². The fraction of sp³-hybridized carbons (Fsp3) is 0.417. The Bertz CT molecular complexity index is 2410. The number of phenolic OH excluding ortho intramolecular Hbond substituents is 4. The molecule has 0 atom stereocenters. The van der Waals surface area contributed by atoms with Crippen molar-refractivity contribution < 1.29 is 20.4 Å². The van der Waals surface area contributed by atoms with Crippen LogP contribution in [0.4, 0.5) is 11.6 Å². The smallest absolute Gasteiger partial charge is 0.151 e. The molecule has 0 amide bonds. The Labute approximate surface area is 377 Å². The van der Waals surface area contributed by atoms with Crippen LogP contribution in [0.5, 0.6) is 23.0 Å². The number of benzene rings is 4. The maximum atomic E-state index is 10.6. The number of nitrogens with one attached hydrogen (secondary N) is 2. The summed E-state index contributed by atoms with van der Waals surface area (Å²) < 4.78 is 0.558. The Morgan fingerprint density at radius 3 is 1.32 bits per heavy atom. The number of anilines is 2. The van der Waals surface area contributed by atoms with Gasteiger partial charge in [0.1, 0.15) is 23.0 Å². The van der Waals surface area contributed by atoms with E-state index in [4.69, 9.17) is 11.6 Å². The zero-order valence-electron chi connectivity index (χ0n) is 37.1. The lowest BCUT2D eigenvalue weighted by Crippen LogP contribution is -2.62. The van der Waals surface area contributed by atoms with E-state index in [1.165, 1.54) is 6.07 Å². The van der Waals surface area contributed by atoms with Gasteiger partial charge >= 0.3 is 0 Å². The summed E-state index contributed by atoms with van der Waals surface area (Å²) in [4.78, 5) is 4.41. The minimum atomic E-state index is -0.0160. The molecule has 14 heteroatoms. The monoisotopic (exact) mass is 924 g/mol. The molecule has 0 unspecified atom stereocenters. The van der Waals surface area contributed by atoms with Crippen LogP contribution >= 0.6 is 27.5 Å². The lowest BCUT2D eigenvalue weighted by atomic mass is 9.79. The highest BCUT2D eigenvalue weighted by Gasteiger charge is 2.41. The van der Waals surface area contributed by atoms with E-state index in [0.29, 0.717) is 44.5 Å².